The average Bonchev–Trinajstić information content (AvgIpc) is 3.34. The molecule has 2 aromatic heterocycles. The minimum atomic E-state index is -0.848. The maximum atomic E-state index is 14.8. The van der Waals surface area contributed by atoms with E-state index in [4.69, 9.17) is 4.74 Å². The topological polar surface area (TPSA) is 118 Å². The lowest BCUT2D eigenvalue weighted by molar-refractivity contribution is -0.117. The lowest BCUT2D eigenvalue weighted by atomic mass is 10.1. The van der Waals surface area contributed by atoms with E-state index in [1.807, 2.05) is 0 Å². The average molecular weight is 399 g/mol. The number of nitrogens with zero attached hydrogens (tertiary/aromatic N) is 6. The molecule has 4 rings (SSSR count). The number of benzene rings is 1. The van der Waals surface area contributed by atoms with Crippen LogP contribution in [-0.2, 0) is 16.6 Å². The van der Waals surface area contributed by atoms with E-state index < -0.39 is 18.1 Å². The first kappa shape index (κ1) is 18.9. The number of nitrogens with one attached hydrogen (secondary N) is 1. The maximum Gasteiger partial charge on any atom is 0.268 e. The summed E-state index contributed by atoms with van der Waals surface area (Å²) in [6, 6.07) is 8.06. The van der Waals surface area contributed by atoms with Crippen LogP contribution < -0.4 is 10.2 Å². The highest BCUT2D eigenvalue weighted by Gasteiger charge is 2.32. The van der Waals surface area contributed by atoms with Crippen LogP contribution in [0.15, 0.2) is 36.5 Å². The zero-order valence-corrected chi connectivity index (χ0v) is 15.4. The summed E-state index contributed by atoms with van der Waals surface area (Å²) in [5, 5.41) is 23.7. The molecule has 0 bridgehead atoms. The summed E-state index contributed by atoms with van der Waals surface area (Å²) in [4.78, 5) is 18.4. The van der Waals surface area contributed by atoms with Gasteiger partial charge in [0.2, 0.25) is 0 Å². The Balaban J connectivity index is 1.52. The maximum absolute atomic E-state index is 14.8. The van der Waals surface area contributed by atoms with Gasteiger partial charge in [-0.1, -0.05) is 5.10 Å². The number of pyridine rings is 1. The van der Waals surface area contributed by atoms with Gasteiger partial charge in [-0.25, -0.2) is 9.37 Å². The summed E-state index contributed by atoms with van der Waals surface area (Å²) in [7, 11) is 1.65. The molecule has 0 amide bonds. The third-order valence-corrected chi connectivity index (χ3v) is 4.47. The molecule has 2 N–H and O–H groups in total. The summed E-state index contributed by atoms with van der Waals surface area (Å²) in [5.74, 6) is 0.344. The fraction of sp³-hybridized carbons (Fsp3) is 0.278. The van der Waals surface area contributed by atoms with Gasteiger partial charge in [-0.2, -0.15) is 4.80 Å². The van der Waals surface area contributed by atoms with Gasteiger partial charge in [0.1, 0.15) is 17.7 Å². The van der Waals surface area contributed by atoms with E-state index in [1.54, 1.807) is 36.2 Å². The number of hydrogen-bond donors (Lipinski definition) is 2. The van der Waals surface area contributed by atoms with Gasteiger partial charge in [0.15, 0.2) is 12.5 Å². The van der Waals surface area contributed by atoms with E-state index in [0.29, 0.717) is 41.4 Å². The molecule has 1 aromatic carbocycles. The molecule has 3 heterocycles. The smallest absolute Gasteiger partial charge is 0.268 e. The molecule has 0 aliphatic carbocycles. The molecule has 2 unspecified atom stereocenters. The van der Waals surface area contributed by atoms with Crippen molar-refractivity contribution in [1.82, 2.24) is 25.2 Å². The molecule has 0 spiro atoms. The number of carbonyl (C=O) groups is 1. The molecule has 1 aliphatic heterocycles. The van der Waals surface area contributed by atoms with E-state index in [0.717, 1.165) is 0 Å². The second-order valence-corrected chi connectivity index (χ2v) is 6.44. The van der Waals surface area contributed by atoms with Crippen molar-refractivity contribution in [2.45, 2.75) is 12.3 Å². The molecule has 1 aliphatic rings. The molecule has 29 heavy (non-hydrogen) atoms. The molecule has 11 heteroatoms. The zero-order chi connectivity index (χ0) is 20.4. The van der Waals surface area contributed by atoms with Crippen LogP contribution in [0.4, 0.5) is 21.8 Å². The minimum Gasteiger partial charge on any atom is -0.394 e. The number of aryl methyl sites for hydroxylation is 1. The fourth-order valence-electron chi connectivity index (χ4n) is 3.09. The number of aldehydes is 1. The number of tetrazole rings is 1. The van der Waals surface area contributed by atoms with Crippen molar-refractivity contribution >= 4 is 23.7 Å². The monoisotopic (exact) mass is 399 g/mol. The summed E-state index contributed by atoms with van der Waals surface area (Å²) in [5.41, 5.74) is 1.45. The molecule has 0 saturated carbocycles. The number of ether oxygens (including phenoxy) is 1. The third kappa shape index (κ3) is 3.91. The number of anilines is 3. The molecular weight excluding hydrogens is 381 g/mol. The standard InChI is InChI=1S/C18H18FN7O3/c1-25-23-18(22-24-25)21-16-5-2-11(7-20-16)14-4-3-12(6-15(14)19)26-8-13(9-27)29-17(26)10-28/h2-7,10,13,17,27H,8-9H2,1H3,(H,20,21,23). The highest BCUT2D eigenvalue weighted by molar-refractivity contribution is 5.70. The Kier molecular flexibility index (Phi) is 5.14. The SMILES string of the molecule is Cn1nnc(Nc2ccc(-c3ccc(N4CC(CO)OC4C=O)cc3F)cn2)n1. The molecular formula is C18H18FN7O3. The van der Waals surface area contributed by atoms with Crippen LogP contribution in [0.1, 0.15) is 0 Å². The van der Waals surface area contributed by atoms with Crippen LogP contribution in [0.2, 0.25) is 0 Å². The molecule has 3 aromatic rings. The van der Waals surface area contributed by atoms with Gasteiger partial charge in [0, 0.05) is 29.6 Å². The van der Waals surface area contributed by atoms with Crippen molar-refractivity contribution in [1.29, 1.82) is 0 Å². The largest absolute Gasteiger partial charge is 0.394 e. The Morgan fingerprint density at radius 1 is 1.38 bits per heavy atom. The van der Waals surface area contributed by atoms with Gasteiger partial charge >= 0.3 is 0 Å². The minimum absolute atomic E-state index is 0.211. The van der Waals surface area contributed by atoms with E-state index in [-0.39, 0.29) is 6.61 Å². The van der Waals surface area contributed by atoms with E-state index in [1.165, 1.54) is 17.1 Å². The summed E-state index contributed by atoms with van der Waals surface area (Å²) in [6.07, 6.45) is 0.828. The van der Waals surface area contributed by atoms with Gasteiger partial charge in [0.25, 0.3) is 5.95 Å². The van der Waals surface area contributed by atoms with E-state index in [9.17, 15) is 14.3 Å². The Bertz CT molecular complexity index is 1010. The number of hydrogen-bond acceptors (Lipinski definition) is 9. The molecule has 1 saturated heterocycles. The van der Waals surface area contributed by atoms with E-state index in [2.05, 4.69) is 25.7 Å². The highest BCUT2D eigenvalue weighted by atomic mass is 19.1. The highest BCUT2D eigenvalue weighted by Crippen LogP contribution is 2.30. The first-order valence-corrected chi connectivity index (χ1v) is 8.82. The Morgan fingerprint density at radius 3 is 2.86 bits per heavy atom. The van der Waals surface area contributed by atoms with Crippen molar-refractivity contribution < 1.29 is 19.0 Å². The van der Waals surface area contributed by atoms with Gasteiger partial charge < -0.3 is 20.1 Å². The van der Waals surface area contributed by atoms with Crippen molar-refractivity contribution in [2.24, 2.45) is 7.05 Å². The van der Waals surface area contributed by atoms with Gasteiger partial charge in [-0.3, -0.25) is 4.79 Å². The van der Waals surface area contributed by atoms with Crippen molar-refractivity contribution in [3.63, 3.8) is 0 Å². The number of aliphatic hydroxyl groups is 1. The summed E-state index contributed by atoms with van der Waals surface area (Å²) < 4.78 is 20.2. The summed E-state index contributed by atoms with van der Waals surface area (Å²) in [6.45, 7) is 0.0918. The molecule has 1 fully saturated rings. The van der Waals surface area contributed by atoms with E-state index >= 15 is 0 Å². The second-order valence-electron chi connectivity index (χ2n) is 6.44. The molecule has 2 atom stereocenters. The predicted molar refractivity (Wildman–Crippen MR) is 101 cm³/mol. The van der Waals surface area contributed by atoms with Crippen LogP contribution in [-0.4, -0.2) is 62.1 Å². The Hall–Kier alpha value is -3.44. The predicted octanol–water partition coefficient (Wildman–Crippen LogP) is 0.877. The van der Waals surface area contributed by atoms with Gasteiger partial charge in [0.05, 0.1) is 13.7 Å². The van der Waals surface area contributed by atoms with Gasteiger partial charge in [-0.05, 0) is 35.5 Å². The van der Waals surface area contributed by atoms with Crippen molar-refractivity contribution in [3.8, 4) is 11.1 Å². The fourth-order valence-corrected chi connectivity index (χ4v) is 3.09. The van der Waals surface area contributed by atoms with Crippen LogP contribution in [0.3, 0.4) is 0 Å². The molecule has 10 nitrogen and oxygen atoms in total. The number of rotatable bonds is 6. The first-order chi connectivity index (χ1) is 14.1. The number of carbonyl (C=O) groups excluding carboxylic acids is 1. The van der Waals surface area contributed by atoms with Gasteiger partial charge in [-0.15, -0.1) is 5.10 Å². The quantitative estimate of drug-likeness (QED) is 0.582. The Labute approximate surface area is 164 Å². The zero-order valence-electron chi connectivity index (χ0n) is 15.4. The van der Waals surface area contributed by atoms with Crippen LogP contribution in [0, 0.1) is 5.82 Å². The lowest BCUT2D eigenvalue weighted by Gasteiger charge is -2.21. The van der Waals surface area contributed by atoms with Crippen LogP contribution in [0.25, 0.3) is 11.1 Å². The Morgan fingerprint density at radius 2 is 2.24 bits per heavy atom. The first-order valence-electron chi connectivity index (χ1n) is 8.82. The van der Waals surface area contributed by atoms with Crippen molar-refractivity contribution in [3.05, 3.63) is 42.3 Å². The molecule has 0 radical (unpaired) electrons. The number of aliphatic hydroxyl groups excluding tert-OH is 1. The molecule has 150 valence electrons. The third-order valence-electron chi connectivity index (χ3n) is 4.47. The number of halogens is 1. The second kappa shape index (κ2) is 7.89. The number of aromatic nitrogens is 5. The lowest BCUT2D eigenvalue weighted by Crippen LogP contribution is -2.31. The van der Waals surface area contributed by atoms with Crippen molar-refractivity contribution in [2.75, 3.05) is 23.4 Å². The van der Waals surface area contributed by atoms with Crippen LogP contribution >= 0.6 is 0 Å². The van der Waals surface area contributed by atoms with Crippen LogP contribution in [0.5, 0.6) is 0 Å². The normalized spacial score (nSPS) is 18.8. The summed E-state index contributed by atoms with van der Waals surface area (Å²) >= 11 is 0.